The number of hydrogen-bond acceptors (Lipinski definition) is 9. The SMILES string of the molecule is O=C(CCN1C(=O)C(=Cc2cc(-c3ccc(F)c(F)c3)cc([N+](=O)[O-])c2O)SC1=S)Nc1ccc(C(=O)O)c(O)c1. The molecule has 1 fully saturated rings. The second-order valence-electron chi connectivity index (χ2n) is 8.49. The van der Waals surface area contributed by atoms with Gasteiger partial charge >= 0.3 is 11.7 Å². The number of phenolic OH excluding ortho intramolecular Hbond substituents is 1. The lowest BCUT2D eigenvalue weighted by Gasteiger charge is -2.14. The van der Waals surface area contributed by atoms with Crippen LogP contribution in [0.4, 0.5) is 20.2 Å². The number of carboxylic acid groups (broad SMARTS) is 1. The van der Waals surface area contributed by atoms with E-state index >= 15 is 0 Å². The van der Waals surface area contributed by atoms with Crippen molar-refractivity contribution < 1.29 is 43.4 Å². The number of carbonyl (C=O) groups is 3. The summed E-state index contributed by atoms with van der Waals surface area (Å²) in [4.78, 5) is 48.2. The van der Waals surface area contributed by atoms with Crippen molar-refractivity contribution in [1.29, 1.82) is 0 Å². The van der Waals surface area contributed by atoms with Crippen LogP contribution in [-0.2, 0) is 9.59 Å². The molecule has 0 aromatic heterocycles. The zero-order valence-corrected chi connectivity index (χ0v) is 22.1. The summed E-state index contributed by atoms with van der Waals surface area (Å²) in [5.74, 6) is -6.17. The molecule has 0 radical (unpaired) electrons. The number of hydrogen-bond donors (Lipinski definition) is 4. The molecule has 0 unspecified atom stereocenters. The van der Waals surface area contributed by atoms with E-state index in [0.717, 1.165) is 53.1 Å². The number of nitro benzene ring substituents is 1. The first-order valence-corrected chi connectivity index (χ1v) is 12.7. The number of carboxylic acids is 1. The molecule has 0 bridgehead atoms. The predicted molar refractivity (Wildman–Crippen MR) is 148 cm³/mol. The van der Waals surface area contributed by atoms with Gasteiger partial charge in [-0.05, 0) is 47.5 Å². The summed E-state index contributed by atoms with van der Waals surface area (Å²) in [5, 5.41) is 43.3. The molecule has 41 heavy (non-hydrogen) atoms. The Morgan fingerprint density at radius 2 is 1.80 bits per heavy atom. The quantitative estimate of drug-likeness (QED) is 0.121. The van der Waals surface area contributed by atoms with Crippen LogP contribution in [0.15, 0.2) is 53.4 Å². The Bertz CT molecular complexity index is 1680. The molecular weight excluding hydrogens is 584 g/mol. The Kier molecular flexibility index (Phi) is 8.30. The maximum Gasteiger partial charge on any atom is 0.339 e. The third-order valence-electron chi connectivity index (χ3n) is 5.80. The average molecular weight is 602 g/mol. The van der Waals surface area contributed by atoms with E-state index in [-0.39, 0.29) is 50.1 Å². The van der Waals surface area contributed by atoms with Gasteiger partial charge in [-0.15, -0.1) is 0 Å². The van der Waals surface area contributed by atoms with E-state index in [2.05, 4.69) is 5.32 Å². The van der Waals surface area contributed by atoms with Gasteiger partial charge < -0.3 is 20.6 Å². The molecule has 2 amide bonds. The Labute approximate surface area is 238 Å². The molecule has 0 saturated carbocycles. The van der Waals surface area contributed by atoms with Crippen molar-refractivity contribution in [3.63, 3.8) is 0 Å². The van der Waals surface area contributed by atoms with Crippen LogP contribution in [0.25, 0.3) is 17.2 Å². The fourth-order valence-corrected chi connectivity index (χ4v) is 5.09. The number of thiocarbonyl (C=S) groups is 1. The predicted octanol–water partition coefficient (Wildman–Crippen LogP) is 4.88. The Hall–Kier alpha value is -4.89. The van der Waals surface area contributed by atoms with E-state index in [4.69, 9.17) is 17.3 Å². The highest BCUT2D eigenvalue weighted by atomic mass is 32.2. The van der Waals surface area contributed by atoms with E-state index in [1.807, 2.05) is 0 Å². The second-order valence-corrected chi connectivity index (χ2v) is 10.2. The molecule has 0 aliphatic carbocycles. The lowest BCUT2D eigenvalue weighted by atomic mass is 10.0. The van der Waals surface area contributed by atoms with Crippen molar-refractivity contribution in [2.75, 3.05) is 11.9 Å². The van der Waals surface area contributed by atoms with Crippen LogP contribution >= 0.6 is 24.0 Å². The topological polar surface area (TPSA) is 170 Å². The summed E-state index contributed by atoms with van der Waals surface area (Å²) >= 11 is 6.06. The summed E-state index contributed by atoms with van der Waals surface area (Å²) in [7, 11) is 0. The number of halogens is 2. The number of amides is 2. The minimum absolute atomic E-state index is 0.0170. The van der Waals surface area contributed by atoms with Gasteiger partial charge in [0, 0.05) is 36.3 Å². The highest BCUT2D eigenvalue weighted by molar-refractivity contribution is 8.26. The lowest BCUT2D eigenvalue weighted by Crippen LogP contribution is -2.31. The van der Waals surface area contributed by atoms with Gasteiger partial charge in [-0.25, -0.2) is 13.6 Å². The summed E-state index contributed by atoms with van der Waals surface area (Å²) in [6.07, 6.45) is 0.932. The maximum absolute atomic E-state index is 13.8. The molecule has 0 atom stereocenters. The number of nitro groups is 1. The zero-order valence-electron chi connectivity index (χ0n) is 20.5. The molecule has 1 aliphatic heterocycles. The molecule has 4 rings (SSSR count). The van der Waals surface area contributed by atoms with E-state index < -0.39 is 51.5 Å². The first-order chi connectivity index (χ1) is 19.3. The Morgan fingerprint density at radius 3 is 2.44 bits per heavy atom. The number of phenols is 2. The number of aromatic carboxylic acids is 1. The molecule has 15 heteroatoms. The Morgan fingerprint density at radius 1 is 1.07 bits per heavy atom. The number of anilines is 1. The van der Waals surface area contributed by atoms with E-state index in [1.54, 1.807) is 0 Å². The molecule has 0 spiro atoms. The second kappa shape index (κ2) is 11.7. The van der Waals surface area contributed by atoms with E-state index in [9.17, 15) is 43.5 Å². The van der Waals surface area contributed by atoms with Crippen molar-refractivity contribution in [3.05, 3.63) is 86.3 Å². The van der Waals surface area contributed by atoms with Crippen LogP contribution in [0.2, 0.25) is 0 Å². The number of nitrogens with one attached hydrogen (secondary N) is 1. The summed E-state index contributed by atoms with van der Waals surface area (Å²) in [5.41, 5.74) is -0.935. The standard InChI is InChI=1S/C26H17F2N3O8S2/c27-17-4-1-12(8-18(17)28)13-7-14(23(34)19(9-13)31(38)39)10-21-24(35)30(26(40)41-21)6-5-22(33)29-15-2-3-16(25(36)37)20(32)11-15/h1-4,7-11,32,34H,5-6H2,(H,29,33)(H,36,37). The van der Waals surface area contributed by atoms with Crippen LogP contribution in [0, 0.1) is 21.7 Å². The number of nitrogens with zero attached hydrogens (tertiary/aromatic N) is 2. The van der Waals surface area contributed by atoms with Crippen molar-refractivity contribution in [1.82, 2.24) is 4.90 Å². The third-order valence-corrected chi connectivity index (χ3v) is 7.18. The van der Waals surface area contributed by atoms with Gasteiger partial charge in [0.25, 0.3) is 5.91 Å². The monoisotopic (exact) mass is 601 g/mol. The number of thioether (sulfide) groups is 1. The molecule has 3 aromatic rings. The maximum atomic E-state index is 13.8. The molecular formula is C26H17F2N3O8S2. The Balaban J connectivity index is 1.53. The average Bonchev–Trinajstić information content (AvgIpc) is 3.16. The van der Waals surface area contributed by atoms with Crippen molar-refractivity contribution in [2.24, 2.45) is 0 Å². The largest absolute Gasteiger partial charge is 0.507 e. The number of rotatable bonds is 8. The summed E-state index contributed by atoms with van der Waals surface area (Å²) < 4.78 is 27.2. The van der Waals surface area contributed by atoms with Gasteiger partial charge in [-0.1, -0.05) is 30.0 Å². The van der Waals surface area contributed by atoms with E-state index in [0.29, 0.717) is 0 Å². The van der Waals surface area contributed by atoms with Gasteiger partial charge in [0.15, 0.2) is 11.6 Å². The van der Waals surface area contributed by atoms with Crippen molar-refractivity contribution in [2.45, 2.75) is 6.42 Å². The molecule has 3 aromatic carbocycles. The molecule has 1 saturated heterocycles. The molecule has 1 aliphatic rings. The molecule has 4 N–H and O–H groups in total. The van der Waals surface area contributed by atoms with Crippen molar-refractivity contribution >= 4 is 63.5 Å². The lowest BCUT2D eigenvalue weighted by molar-refractivity contribution is -0.385. The normalized spacial score (nSPS) is 14.0. The number of carbonyl (C=O) groups excluding carboxylic acids is 2. The van der Waals surface area contributed by atoms with Crippen LogP contribution < -0.4 is 5.32 Å². The van der Waals surface area contributed by atoms with Crippen LogP contribution in [0.1, 0.15) is 22.3 Å². The van der Waals surface area contributed by atoms with Crippen molar-refractivity contribution in [3.8, 4) is 22.6 Å². The van der Waals surface area contributed by atoms with Gasteiger partial charge in [-0.2, -0.15) is 0 Å². The zero-order chi connectivity index (χ0) is 30.0. The minimum Gasteiger partial charge on any atom is -0.507 e. The van der Waals surface area contributed by atoms with Gasteiger partial charge in [0.2, 0.25) is 11.7 Å². The smallest absolute Gasteiger partial charge is 0.339 e. The van der Waals surface area contributed by atoms with Gasteiger partial charge in [-0.3, -0.25) is 24.6 Å². The van der Waals surface area contributed by atoms with Gasteiger partial charge in [0.05, 0.1) is 9.83 Å². The highest BCUT2D eigenvalue weighted by Gasteiger charge is 2.33. The fraction of sp³-hybridized carbons (Fsp3) is 0.0769. The molecule has 210 valence electrons. The number of aromatic hydroxyl groups is 2. The van der Waals surface area contributed by atoms with Crippen LogP contribution in [0.5, 0.6) is 11.5 Å². The molecule has 1 heterocycles. The fourth-order valence-electron chi connectivity index (χ4n) is 3.79. The highest BCUT2D eigenvalue weighted by Crippen LogP contribution is 2.40. The summed E-state index contributed by atoms with van der Waals surface area (Å²) in [6.45, 7) is -0.159. The number of benzene rings is 3. The third kappa shape index (κ3) is 6.31. The van der Waals surface area contributed by atoms with Crippen LogP contribution in [-0.4, -0.2) is 53.8 Å². The summed E-state index contributed by atoms with van der Waals surface area (Å²) in [6, 6.07) is 8.58. The first kappa shape index (κ1) is 29.1. The minimum atomic E-state index is -1.35. The van der Waals surface area contributed by atoms with E-state index in [1.165, 1.54) is 18.2 Å². The van der Waals surface area contributed by atoms with Crippen LogP contribution in [0.3, 0.4) is 0 Å². The van der Waals surface area contributed by atoms with Gasteiger partial charge in [0.1, 0.15) is 15.6 Å². The molecule has 11 nitrogen and oxygen atoms in total. The first-order valence-electron chi connectivity index (χ1n) is 11.4.